The topological polar surface area (TPSA) is 75.7 Å². The molecule has 0 amide bonds. The van der Waals surface area contributed by atoms with Gasteiger partial charge in [-0.15, -0.1) is 10.2 Å². The Bertz CT molecular complexity index is 283. The molecule has 0 aliphatic heterocycles. The molecule has 6 heteroatoms. The van der Waals surface area contributed by atoms with E-state index in [1.165, 1.54) is 23.1 Å². The van der Waals surface area contributed by atoms with E-state index in [9.17, 15) is 0 Å². The molecule has 0 saturated heterocycles. The lowest BCUT2D eigenvalue weighted by Crippen LogP contribution is -2.21. The summed E-state index contributed by atoms with van der Waals surface area (Å²) in [5, 5.41) is 15.9. The molecular weight excluding hydrogens is 192 g/mol. The summed E-state index contributed by atoms with van der Waals surface area (Å²) in [6.07, 6.45) is 0. The molecule has 1 heterocycles. The fourth-order valence-electron chi connectivity index (χ4n) is 0.541. The minimum Gasteiger partial charge on any atom is -0.387 e. The van der Waals surface area contributed by atoms with Crippen LogP contribution in [0.1, 0.15) is 11.9 Å². The highest BCUT2D eigenvalue weighted by molar-refractivity contribution is 8.02. The number of hydrogen-bond acceptors (Lipinski definition) is 5. The Labute approximate surface area is 79.1 Å². The monoisotopic (exact) mass is 202 g/mol. The van der Waals surface area contributed by atoms with Crippen molar-refractivity contribution in [3.8, 4) is 0 Å². The zero-order valence-corrected chi connectivity index (χ0v) is 8.50. The molecule has 1 unspecified atom stereocenters. The first-order valence-corrected chi connectivity index (χ1v) is 5.10. The summed E-state index contributed by atoms with van der Waals surface area (Å²) < 4.78 is 0.871. The van der Waals surface area contributed by atoms with Crippen molar-refractivity contribution >= 4 is 28.9 Å². The minimum atomic E-state index is -0.0163. The smallest absolute Gasteiger partial charge is 0.174 e. The molecule has 12 heavy (non-hydrogen) atoms. The van der Waals surface area contributed by atoms with E-state index in [0.717, 1.165) is 9.35 Å². The molecule has 0 aliphatic rings. The third-order valence-electron chi connectivity index (χ3n) is 1.22. The van der Waals surface area contributed by atoms with Gasteiger partial charge in [0.1, 0.15) is 10.8 Å². The lowest BCUT2D eigenvalue weighted by molar-refractivity contribution is 0.982. The molecule has 0 aromatic carbocycles. The predicted octanol–water partition coefficient (Wildman–Crippen LogP) is 1.26. The highest BCUT2D eigenvalue weighted by Gasteiger charge is 2.10. The Kier molecular flexibility index (Phi) is 3.05. The fourth-order valence-corrected chi connectivity index (χ4v) is 2.46. The first-order chi connectivity index (χ1) is 5.59. The predicted molar refractivity (Wildman–Crippen MR) is 51.9 cm³/mol. The molecule has 0 aliphatic carbocycles. The van der Waals surface area contributed by atoms with E-state index in [0.29, 0.717) is 0 Å². The standard InChI is InChI=1S/C6H10N4S2/c1-3(5(7)8)11-6-10-9-4(2)12-6/h3H,1-2H3,(H3,7,8). The van der Waals surface area contributed by atoms with Crippen LogP contribution in [0.5, 0.6) is 0 Å². The van der Waals surface area contributed by atoms with Crippen LogP contribution in [-0.4, -0.2) is 21.3 Å². The van der Waals surface area contributed by atoms with E-state index in [-0.39, 0.29) is 11.1 Å². The normalized spacial score (nSPS) is 12.8. The van der Waals surface area contributed by atoms with Gasteiger partial charge in [-0.25, -0.2) is 0 Å². The molecule has 1 aromatic rings. The molecular formula is C6H10N4S2. The van der Waals surface area contributed by atoms with E-state index in [2.05, 4.69) is 10.2 Å². The molecule has 66 valence electrons. The Hall–Kier alpha value is -0.620. The third-order valence-corrected chi connectivity index (χ3v) is 3.29. The summed E-state index contributed by atoms with van der Waals surface area (Å²) in [5.74, 6) is 0.174. The molecule has 1 rings (SSSR count). The van der Waals surface area contributed by atoms with Crippen LogP contribution in [0.25, 0.3) is 0 Å². The maximum atomic E-state index is 7.17. The van der Waals surface area contributed by atoms with Gasteiger partial charge in [-0.3, -0.25) is 5.41 Å². The average molecular weight is 202 g/mol. The van der Waals surface area contributed by atoms with Gasteiger partial charge in [0.2, 0.25) is 0 Å². The van der Waals surface area contributed by atoms with E-state index in [1.807, 2.05) is 13.8 Å². The molecule has 0 radical (unpaired) electrons. The first-order valence-electron chi connectivity index (χ1n) is 3.40. The van der Waals surface area contributed by atoms with Crippen molar-refractivity contribution in [2.24, 2.45) is 5.73 Å². The Morgan fingerprint density at radius 1 is 1.67 bits per heavy atom. The molecule has 0 spiro atoms. The average Bonchev–Trinajstić information content (AvgIpc) is 2.35. The SMILES string of the molecule is Cc1nnc(SC(C)C(=N)N)s1. The van der Waals surface area contributed by atoms with Crippen molar-refractivity contribution in [1.82, 2.24) is 10.2 Å². The van der Waals surface area contributed by atoms with Gasteiger partial charge in [0.05, 0.1) is 5.25 Å². The van der Waals surface area contributed by atoms with Gasteiger partial charge >= 0.3 is 0 Å². The van der Waals surface area contributed by atoms with Crippen molar-refractivity contribution in [3.05, 3.63) is 5.01 Å². The highest BCUT2D eigenvalue weighted by Crippen LogP contribution is 2.25. The quantitative estimate of drug-likeness (QED) is 0.439. The van der Waals surface area contributed by atoms with Crippen LogP contribution in [0.15, 0.2) is 4.34 Å². The van der Waals surface area contributed by atoms with Crippen LogP contribution in [-0.2, 0) is 0 Å². The molecule has 0 fully saturated rings. The second-order valence-electron chi connectivity index (χ2n) is 2.30. The van der Waals surface area contributed by atoms with Gasteiger partial charge in [-0.2, -0.15) is 0 Å². The molecule has 1 atom stereocenters. The van der Waals surface area contributed by atoms with Crippen molar-refractivity contribution in [2.45, 2.75) is 23.4 Å². The van der Waals surface area contributed by atoms with Crippen molar-refractivity contribution in [2.75, 3.05) is 0 Å². The summed E-state index contributed by atoms with van der Waals surface area (Å²) in [6, 6.07) is 0. The third kappa shape index (κ3) is 2.46. The Morgan fingerprint density at radius 2 is 2.33 bits per heavy atom. The molecule has 0 saturated carbocycles. The van der Waals surface area contributed by atoms with Crippen LogP contribution in [0.2, 0.25) is 0 Å². The number of nitrogens with one attached hydrogen (secondary N) is 1. The number of amidine groups is 1. The lowest BCUT2D eigenvalue weighted by atomic mass is 10.4. The van der Waals surface area contributed by atoms with Gasteiger partial charge in [0.25, 0.3) is 0 Å². The lowest BCUT2D eigenvalue weighted by Gasteiger charge is -2.04. The number of nitrogens with two attached hydrogens (primary N) is 1. The molecule has 1 aromatic heterocycles. The van der Waals surface area contributed by atoms with E-state index in [1.54, 1.807) is 0 Å². The number of aryl methyl sites for hydroxylation is 1. The van der Waals surface area contributed by atoms with Crippen LogP contribution in [0.3, 0.4) is 0 Å². The van der Waals surface area contributed by atoms with Gasteiger partial charge in [-0.1, -0.05) is 23.1 Å². The zero-order chi connectivity index (χ0) is 9.14. The first kappa shape index (κ1) is 9.47. The van der Waals surface area contributed by atoms with Crippen LogP contribution < -0.4 is 5.73 Å². The largest absolute Gasteiger partial charge is 0.387 e. The maximum Gasteiger partial charge on any atom is 0.174 e. The highest BCUT2D eigenvalue weighted by atomic mass is 32.2. The van der Waals surface area contributed by atoms with Gasteiger partial charge in [-0.05, 0) is 13.8 Å². The van der Waals surface area contributed by atoms with Crippen molar-refractivity contribution < 1.29 is 0 Å². The fraction of sp³-hybridized carbons (Fsp3) is 0.500. The second-order valence-corrected chi connectivity index (χ2v) is 5.07. The number of hydrogen-bond donors (Lipinski definition) is 2. The van der Waals surface area contributed by atoms with Gasteiger partial charge < -0.3 is 5.73 Å². The maximum absolute atomic E-state index is 7.17. The van der Waals surface area contributed by atoms with Crippen LogP contribution >= 0.6 is 23.1 Å². The minimum absolute atomic E-state index is 0.0163. The molecule has 3 N–H and O–H groups in total. The zero-order valence-electron chi connectivity index (χ0n) is 6.87. The molecule has 0 bridgehead atoms. The van der Waals surface area contributed by atoms with Crippen molar-refractivity contribution in [3.63, 3.8) is 0 Å². The van der Waals surface area contributed by atoms with E-state index < -0.39 is 0 Å². The number of aromatic nitrogens is 2. The molecule has 4 nitrogen and oxygen atoms in total. The van der Waals surface area contributed by atoms with Crippen LogP contribution in [0, 0.1) is 12.3 Å². The Balaban J connectivity index is 2.58. The summed E-state index contributed by atoms with van der Waals surface area (Å²) in [5.41, 5.74) is 5.31. The summed E-state index contributed by atoms with van der Waals surface area (Å²) in [6.45, 7) is 3.78. The van der Waals surface area contributed by atoms with E-state index in [4.69, 9.17) is 11.1 Å². The number of thioether (sulfide) groups is 1. The Morgan fingerprint density at radius 3 is 2.75 bits per heavy atom. The van der Waals surface area contributed by atoms with Gasteiger partial charge in [0, 0.05) is 0 Å². The van der Waals surface area contributed by atoms with Crippen LogP contribution in [0.4, 0.5) is 0 Å². The van der Waals surface area contributed by atoms with Gasteiger partial charge in [0.15, 0.2) is 4.34 Å². The van der Waals surface area contributed by atoms with E-state index >= 15 is 0 Å². The second kappa shape index (κ2) is 3.86. The summed E-state index contributed by atoms with van der Waals surface area (Å²) >= 11 is 2.99. The number of nitrogens with zero attached hydrogens (tertiary/aromatic N) is 2. The summed E-state index contributed by atoms with van der Waals surface area (Å²) in [4.78, 5) is 0. The summed E-state index contributed by atoms with van der Waals surface area (Å²) in [7, 11) is 0. The van der Waals surface area contributed by atoms with Crippen molar-refractivity contribution in [1.29, 1.82) is 5.41 Å². The number of rotatable bonds is 3.